The van der Waals surface area contributed by atoms with Gasteiger partial charge in [0.05, 0.1) is 5.56 Å². The van der Waals surface area contributed by atoms with Gasteiger partial charge in [-0.1, -0.05) is 6.07 Å². The van der Waals surface area contributed by atoms with E-state index in [0.29, 0.717) is 6.92 Å². The summed E-state index contributed by atoms with van der Waals surface area (Å²) in [5.74, 6) is -3.44. The van der Waals surface area contributed by atoms with Crippen LogP contribution in [-0.4, -0.2) is 23.5 Å². The van der Waals surface area contributed by atoms with Gasteiger partial charge in [0.25, 0.3) is 5.60 Å². The number of Topliss-reactive ketones (excluding diaryl/α,β-unsaturated/α-hetero) is 1. The normalized spacial score (nSPS) is 22.7. The molecule has 0 aromatic heterocycles. The molecule has 1 aliphatic rings. The van der Waals surface area contributed by atoms with Gasteiger partial charge in [-0.15, -0.1) is 0 Å². The van der Waals surface area contributed by atoms with Crippen molar-refractivity contribution in [1.29, 1.82) is 0 Å². The highest BCUT2D eigenvalue weighted by Gasteiger charge is 2.63. The molecule has 0 aliphatic carbocycles. The fraction of sp³-hybridized carbons (Fsp3) is 0.333. The minimum Gasteiger partial charge on any atom is -0.437 e. The van der Waals surface area contributed by atoms with Crippen LogP contribution in [0.2, 0.25) is 0 Å². The van der Waals surface area contributed by atoms with E-state index in [1.807, 2.05) is 0 Å². The Labute approximate surface area is 105 Å². The first kappa shape index (κ1) is 13.5. The first-order valence-electron chi connectivity index (χ1n) is 5.27. The molecule has 0 radical (unpaired) electrons. The summed E-state index contributed by atoms with van der Waals surface area (Å²) in [4.78, 5) is 22.9. The Hall–Kier alpha value is -1.92. The third-order valence-electron chi connectivity index (χ3n) is 3.02. The molecule has 1 aliphatic heterocycles. The van der Waals surface area contributed by atoms with Gasteiger partial charge in [-0.3, -0.25) is 4.79 Å². The van der Waals surface area contributed by atoms with Gasteiger partial charge in [0.1, 0.15) is 5.82 Å². The summed E-state index contributed by atoms with van der Waals surface area (Å²) in [6.07, 6.45) is -5.87. The molecule has 0 saturated carbocycles. The van der Waals surface area contributed by atoms with Crippen LogP contribution in [0.3, 0.4) is 0 Å². The molecule has 0 amide bonds. The topological polar surface area (TPSA) is 43.4 Å². The number of ether oxygens (including phenoxy) is 1. The summed E-state index contributed by atoms with van der Waals surface area (Å²) in [6.45, 7) is 0.704. The smallest absolute Gasteiger partial charge is 0.436 e. The minimum atomic E-state index is -5.03. The second-order valence-electron chi connectivity index (χ2n) is 4.25. The molecule has 0 fully saturated rings. The monoisotopic (exact) mass is 276 g/mol. The fourth-order valence-electron chi connectivity index (χ4n) is 1.96. The highest BCUT2D eigenvalue weighted by molar-refractivity contribution is 5.98. The van der Waals surface area contributed by atoms with Crippen LogP contribution >= 0.6 is 0 Å². The average Bonchev–Trinajstić information content (AvgIpc) is 2.28. The Kier molecular flexibility index (Phi) is 2.87. The van der Waals surface area contributed by atoms with Gasteiger partial charge in [0, 0.05) is 6.42 Å². The molecular weight excluding hydrogens is 268 g/mol. The Bertz CT molecular complexity index is 565. The van der Waals surface area contributed by atoms with Crippen LogP contribution in [0.5, 0.6) is 0 Å². The molecule has 1 aromatic rings. The highest BCUT2D eigenvalue weighted by Crippen LogP contribution is 2.41. The van der Waals surface area contributed by atoms with Crippen molar-refractivity contribution in [2.75, 3.05) is 0 Å². The Morgan fingerprint density at radius 3 is 2.53 bits per heavy atom. The third kappa shape index (κ3) is 1.98. The number of cyclic esters (lactones) is 1. The first-order chi connectivity index (χ1) is 8.67. The minimum absolute atomic E-state index is 0.0647. The Balaban J connectivity index is 2.58. The number of benzene rings is 1. The molecule has 0 N–H and O–H groups in total. The van der Waals surface area contributed by atoms with E-state index in [2.05, 4.69) is 4.74 Å². The summed E-state index contributed by atoms with van der Waals surface area (Å²) in [5.41, 5.74) is -3.54. The van der Waals surface area contributed by atoms with Crippen molar-refractivity contribution in [1.82, 2.24) is 0 Å². The molecule has 0 saturated heterocycles. The predicted octanol–water partition coefficient (Wildman–Crippen LogP) is 2.43. The maximum absolute atomic E-state index is 13.0. The average molecular weight is 276 g/mol. The van der Waals surface area contributed by atoms with Gasteiger partial charge < -0.3 is 4.74 Å². The molecule has 102 valence electrons. The van der Waals surface area contributed by atoms with Crippen LogP contribution in [0.15, 0.2) is 18.2 Å². The number of carbonyl (C=O) groups is 2. The maximum atomic E-state index is 13.0. The summed E-state index contributed by atoms with van der Waals surface area (Å²) in [7, 11) is 0. The second kappa shape index (κ2) is 4.04. The van der Waals surface area contributed by atoms with Crippen molar-refractivity contribution < 1.29 is 31.9 Å². The van der Waals surface area contributed by atoms with Gasteiger partial charge in [-0.2, -0.15) is 13.2 Å². The molecule has 1 heterocycles. The predicted molar refractivity (Wildman–Crippen MR) is 55.0 cm³/mol. The molecule has 7 heteroatoms. The van der Waals surface area contributed by atoms with E-state index in [9.17, 15) is 27.2 Å². The Morgan fingerprint density at radius 1 is 1.37 bits per heavy atom. The summed E-state index contributed by atoms with van der Waals surface area (Å²) in [5, 5.41) is 0. The van der Waals surface area contributed by atoms with Crippen molar-refractivity contribution in [2.24, 2.45) is 0 Å². The molecule has 2 rings (SSSR count). The zero-order chi connectivity index (χ0) is 14.4. The number of fused-ring (bicyclic) bond motifs is 1. The van der Waals surface area contributed by atoms with Crippen molar-refractivity contribution in [2.45, 2.75) is 25.1 Å². The van der Waals surface area contributed by atoms with Gasteiger partial charge in [0.2, 0.25) is 0 Å². The van der Waals surface area contributed by atoms with Crippen LogP contribution in [0.4, 0.5) is 17.6 Å². The number of halogens is 4. The number of rotatable bonds is 1. The molecule has 19 heavy (non-hydrogen) atoms. The number of esters is 1. The Morgan fingerprint density at radius 2 is 2.00 bits per heavy atom. The molecule has 0 bridgehead atoms. The van der Waals surface area contributed by atoms with Gasteiger partial charge in [-0.25, -0.2) is 9.18 Å². The number of hydrogen-bond donors (Lipinski definition) is 0. The van der Waals surface area contributed by atoms with Crippen molar-refractivity contribution in [3.05, 3.63) is 35.1 Å². The summed E-state index contributed by atoms with van der Waals surface area (Å²) >= 11 is 0. The van der Waals surface area contributed by atoms with E-state index in [0.717, 1.165) is 18.2 Å². The van der Waals surface area contributed by atoms with E-state index in [1.165, 1.54) is 0 Å². The molecule has 3 nitrogen and oxygen atoms in total. The van der Waals surface area contributed by atoms with Crippen LogP contribution in [-0.2, 0) is 16.0 Å². The van der Waals surface area contributed by atoms with Crippen molar-refractivity contribution >= 4 is 11.8 Å². The summed E-state index contributed by atoms with van der Waals surface area (Å²) in [6, 6.07) is 2.77. The highest BCUT2D eigenvalue weighted by atomic mass is 19.4. The van der Waals surface area contributed by atoms with Crippen molar-refractivity contribution in [3.63, 3.8) is 0 Å². The molecule has 1 atom stereocenters. The van der Waals surface area contributed by atoms with E-state index in [4.69, 9.17) is 0 Å². The van der Waals surface area contributed by atoms with Gasteiger partial charge in [-0.05, 0) is 24.6 Å². The third-order valence-corrected chi connectivity index (χ3v) is 3.02. The van der Waals surface area contributed by atoms with Crippen molar-refractivity contribution in [3.8, 4) is 0 Å². The maximum Gasteiger partial charge on any atom is 0.436 e. The second-order valence-corrected chi connectivity index (χ2v) is 4.25. The lowest BCUT2D eigenvalue weighted by atomic mass is 9.85. The first-order valence-corrected chi connectivity index (χ1v) is 5.27. The quantitative estimate of drug-likeness (QED) is 0.584. The SMILES string of the molecule is CC(=O)C1(C(F)(F)F)Cc2ccc(F)cc2C(=O)O1. The zero-order valence-electron chi connectivity index (χ0n) is 9.68. The fourth-order valence-corrected chi connectivity index (χ4v) is 1.96. The van der Waals surface area contributed by atoms with Crippen LogP contribution in [0.25, 0.3) is 0 Å². The molecular formula is C12H8F4O3. The van der Waals surface area contributed by atoms with Crippen LogP contribution in [0, 0.1) is 5.82 Å². The van der Waals surface area contributed by atoms with Gasteiger partial charge in [0.15, 0.2) is 5.78 Å². The van der Waals surface area contributed by atoms with Crippen LogP contribution < -0.4 is 0 Å². The number of ketones is 1. The molecule has 0 spiro atoms. The largest absolute Gasteiger partial charge is 0.437 e. The number of hydrogen-bond acceptors (Lipinski definition) is 3. The van der Waals surface area contributed by atoms with E-state index in [-0.39, 0.29) is 11.1 Å². The molecule has 1 aromatic carbocycles. The van der Waals surface area contributed by atoms with Crippen LogP contribution in [0.1, 0.15) is 22.8 Å². The van der Waals surface area contributed by atoms with E-state index >= 15 is 0 Å². The van der Waals surface area contributed by atoms with Gasteiger partial charge >= 0.3 is 12.1 Å². The number of alkyl halides is 3. The molecule has 1 unspecified atom stereocenters. The number of carbonyl (C=O) groups excluding carboxylic acids is 2. The zero-order valence-corrected chi connectivity index (χ0v) is 9.68. The lowest BCUT2D eigenvalue weighted by molar-refractivity contribution is -0.250. The lowest BCUT2D eigenvalue weighted by Crippen LogP contribution is -2.58. The van der Waals surface area contributed by atoms with E-state index in [1.54, 1.807) is 0 Å². The summed E-state index contributed by atoms with van der Waals surface area (Å²) < 4.78 is 56.3. The lowest BCUT2D eigenvalue weighted by Gasteiger charge is -2.36. The van der Waals surface area contributed by atoms with E-state index < -0.39 is 35.8 Å². The standard InChI is InChI=1S/C12H8F4O3/c1-6(17)11(12(14,15)16)5-7-2-3-8(13)4-9(7)10(18)19-11/h2-4H,5H2,1H3.